The molecule has 0 bridgehead atoms. The van der Waals surface area contributed by atoms with Crippen LogP contribution in [-0.4, -0.2) is 38.3 Å². The van der Waals surface area contributed by atoms with Gasteiger partial charge in [-0.15, -0.1) is 0 Å². The molecule has 1 heterocycles. The summed E-state index contributed by atoms with van der Waals surface area (Å²) in [6, 6.07) is 7.10. The minimum atomic E-state index is -3.48. The Kier molecular flexibility index (Phi) is 3.50. The largest absolute Gasteiger partial charge is 0.386 e. The van der Waals surface area contributed by atoms with Crippen molar-refractivity contribution in [3.05, 3.63) is 24.3 Å². The normalized spacial score (nSPS) is 21.4. The van der Waals surface area contributed by atoms with Crippen LogP contribution in [0.1, 0.15) is 26.7 Å². The molecule has 6 heteroatoms. The summed E-state index contributed by atoms with van der Waals surface area (Å²) in [7, 11) is -3.48. The van der Waals surface area contributed by atoms with Gasteiger partial charge in [0.15, 0.2) is 0 Å². The molecule has 21 heavy (non-hydrogen) atoms. The summed E-state index contributed by atoms with van der Waals surface area (Å²) < 4.78 is 27.6. The van der Waals surface area contributed by atoms with E-state index in [1.54, 1.807) is 18.2 Å². The van der Waals surface area contributed by atoms with Crippen LogP contribution in [0.15, 0.2) is 29.2 Å². The maximum atomic E-state index is 12.4. The standard InChI is InChI=1S/C15H22N2O3S/c1-11(2)15(18)9-17(10-15)13-5-3-4-6-14(13)21(19,20)16-12-7-8-12/h3-6,11-12,16,18H,7-10H2,1-2H3. The zero-order chi connectivity index (χ0) is 15.3. The molecule has 1 aliphatic heterocycles. The first-order valence-electron chi connectivity index (χ1n) is 7.40. The Hall–Kier alpha value is -1.11. The molecule has 1 saturated carbocycles. The van der Waals surface area contributed by atoms with Crippen molar-refractivity contribution in [3.8, 4) is 0 Å². The van der Waals surface area contributed by atoms with Gasteiger partial charge in [-0.05, 0) is 30.9 Å². The first kappa shape index (κ1) is 14.8. The Morgan fingerprint density at radius 2 is 1.90 bits per heavy atom. The number of para-hydroxylation sites is 1. The zero-order valence-corrected chi connectivity index (χ0v) is 13.2. The van der Waals surface area contributed by atoms with E-state index in [4.69, 9.17) is 0 Å². The Morgan fingerprint density at radius 1 is 1.29 bits per heavy atom. The maximum absolute atomic E-state index is 12.4. The quantitative estimate of drug-likeness (QED) is 0.861. The lowest BCUT2D eigenvalue weighted by Crippen LogP contribution is -2.65. The minimum absolute atomic E-state index is 0.0899. The van der Waals surface area contributed by atoms with E-state index < -0.39 is 15.6 Å². The van der Waals surface area contributed by atoms with Crippen molar-refractivity contribution >= 4 is 15.7 Å². The van der Waals surface area contributed by atoms with E-state index in [1.165, 1.54) is 0 Å². The Morgan fingerprint density at radius 3 is 2.48 bits per heavy atom. The predicted molar refractivity (Wildman–Crippen MR) is 81.8 cm³/mol. The number of hydrogen-bond donors (Lipinski definition) is 2. The van der Waals surface area contributed by atoms with Gasteiger partial charge < -0.3 is 10.0 Å². The third-order valence-corrected chi connectivity index (χ3v) is 5.97. The molecule has 1 aliphatic carbocycles. The number of sulfonamides is 1. The van der Waals surface area contributed by atoms with Crippen molar-refractivity contribution < 1.29 is 13.5 Å². The van der Waals surface area contributed by atoms with E-state index in [2.05, 4.69) is 4.72 Å². The zero-order valence-electron chi connectivity index (χ0n) is 12.4. The van der Waals surface area contributed by atoms with Gasteiger partial charge in [-0.2, -0.15) is 0 Å². The summed E-state index contributed by atoms with van der Waals surface area (Å²) in [6.45, 7) is 4.91. The van der Waals surface area contributed by atoms with Crippen LogP contribution in [0.4, 0.5) is 5.69 Å². The molecule has 1 saturated heterocycles. The Bertz CT molecular complexity index is 632. The second kappa shape index (κ2) is 4.97. The lowest BCUT2D eigenvalue weighted by Gasteiger charge is -2.50. The fourth-order valence-electron chi connectivity index (χ4n) is 2.58. The van der Waals surface area contributed by atoms with Crippen LogP contribution in [0.2, 0.25) is 0 Å². The average molecular weight is 310 g/mol. The molecule has 0 aromatic heterocycles. The van der Waals surface area contributed by atoms with Crippen LogP contribution >= 0.6 is 0 Å². The van der Waals surface area contributed by atoms with E-state index >= 15 is 0 Å². The number of rotatable bonds is 5. The summed E-state index contributed by atoms with van der Waals surface area (Å²) in [5.41, 5.74) is -0.0446. The predicted octanol–water partition coefficient (Wildman–Crippen LogP) is 1.33. The van der Waals surface area contributed by atoms with Crippen molar-refractivity contribution in [1.82, 2.24) is 4.72 Å². The van der Waals surface area contributed by atoms with Crippen LogP contribution in [0.3, 0.4) is 0 Å². The van der Waals surface area contributed by atoms with Gasteiger partial charge in [0, 0.05) is 19.1 Å². The van der Waals surface area contributed by atoms with Crippen molar-refractivity contribution in [2.75, 3.05) is 18.0 Å². The number of nitrogens with zero attached hydrogens (tertiary/aromatic N) is 1. The van der Waals surface area contributed by atoms with Gasteiger partial charge in [0.2, 0.25) is 10.0 Å². The van der Waals surface area contributed by atoms with E-state index in [1.807, 2.05) is 24.8 Å². The van der Waals surface area contributed by atoms with Gasteiger partial charge in [-0.3, -0.25) is 0 Å². The number of hydrogen-bond acceptors (Lipinski definition) is 4. The molecule has 116 valence electrons. The van der Waals surface area contributed by atoms with Crippen LogP contribution in [0.5, 0.6) is 0 Å². The fourth-order valence-corrected chi connectivity index (χ4v) is 4.11. The molecular weight excluding hydrogens is 288 g/mol. The minimum Gasteiger partial charge on any atom is -0.386 e. The lowest BCUT2D eigenvalue weighted by atomic mass is 9.82. The van der Waals surface area contributed by atoms with Crippen LogP contribution in [0, 0.1) is 5.92 Å². The Balaban J connectivity index is 1.84. The first-order valence-corrected chi connectivity index (χ1v) is 8.89. The van der Waals surface area contributed by atoms with E-state index in [9.17, 15) is 13.5 Å². The highest BCUT2D eigenvalue weighted by Gasteiger charge is 2.45. The molecule has 2 N–H and O–H groups in total. The molecule has 2 fully saturated rings. The van der Waals surface area contributed by atoms with Gasteiger partial charge in [0.25, 0.3) is 0 Å². The Labute approximate surface area is 126 Å². The van der Waals surface area contributed by atoms with Crippen molar-refractivity contribution in [2.24, 2.45) is 5.92 Å². The van der Waals surface area contributed by atoms with Crippen LogP contribution in [0.25, 0.3) is 0 Å². The number of nitrogens with one attached hydrogen (secondary N) is 1. The molecule has 0 amide bonds. The summed E-state index contributed by atoms with van der Waals surface area (Å²) in [5.74, 6) is 0.155. The highest BCUT2D eigenvalue weighted by Crippen LogP contribution is 2.36. The molecule has 0 atom stereocenters. The van der Waals surface area contributed by atoms with Crippen molar-refractivity contribution in [2.45, 2.75) is 43.2 Å². The number of benzene rings is 1. The molecule has 0 unspecified atom stereocenters. The molecule has 0 radical (unpaired) electrons. The summed E-state index contributed by atoms with van der Waals surface area (Å²) in [4.78, 5) is 2.24. The fraction of sp³-hybridized carbons (Fsp3) is 0.600. The molecule has 2 aliphatic rings. The molecule has 1 aromatic carbocycles. The topological polar surface area (TPSA) is 69.6 Å². The smallest absolute Gasteiger partial charge is 0.242 e. The molecule has 3 rings (SSSR count). The first-order chi connectivity index (χ1) is 9.82. The second-order valence-electron chi connectivity index (χ2n) is 6.48. The molecule has 1 aromatic rings. The molecule has 5 nitrogen and oxygen atoms in total. The summed E-state index contributed by atoms with van der Waals surface area (Å²) >= 11 is 0. The van der Waals surface area contributed by atoms with Crippen LogP contribution in [-0.2, 0) is 10.0 Å². The lowest BCUT2D eigenvalue weighted by molar-refractivity contribution is -0.0303. The van der Waals surface area contributed by atoms with Crippen molar-refractivity contribution in [1.29, 1.82) is 0 Å². The van der Waals surface area contributed by atoms with E-state index in [0.717, 1.165) is 12.8 Å². The van der Waals surface area contributed by atoms with Crippen molar-refractivity contribution in [3.63, 3.8) is 0 Å². The van der Waals surface area contributed by atoms with Gasteiger partial charge in [-0.25, -0.2) is 13.1 Å². The van der Waals surface area contributed by atoms with Gasteiger partial charge >= 0.3 is 0 Å². The number of anilines is 1. The van der Waals surface area contributed by atoms with E-state index in [0.29, 0.717) is 23.7 Å². The number of aliphatic hydroxyl groups is 1. The van der Waals surface area contributed by atoms with Gasteiger partial charge in [0.05, 0.1) is 5.69 Å². The summed E-state index contributed by atoms with van der Waals surface area (Å²) in [6.07, 6.45) is 1.83. The monoisotopic (exact) mass is 310 g/mol. The van der Waals surface area contributed by atoms with Gasteiger partial charge in [0.1, 0.15) is 10.5 Å². The van der Waals surface area contributed by atoms with Crippen LogP contribution < -0.4 is 9.62 Å². The van der Waals surface area contributed by atoms with E-state index in [-0.39, 0.29) is 12.0 Å². The average Bonchev–Trinajstić information content (AvgIpc) is 3.18. The SMILES string of the molecule is CC(C)C1(O)CN(c2ccccc2S(=O)(=O)NC2CC2)C1. The highest BCUT2D eigenvalue weighted by molar-refractivity contribution is 7.89. The molecular formula is C15H22N2O3S. The summed E-state index contributed by atoms with van der Waals surface area (Å²) in [5, 5.41) is 10.4. The number of β-amino-alcohol motifs (C(OH)–C–C–N with tert-alkyl or cyclic N) is 1. The highest BCUT2D eigenvalue weighted by atomic mass is 32.2. The molecule has 0 spiro atoms. The maximum Gasteiger partial charge on any atom is 0.242 e. The third kappa shape index (κ3) is 2.80. The second-order valence-corrected chi connectivity index (χ2v) is 8.16. The third-order valence-electron chi connectivity index (χ3n) is 4.40. The van der Waals surface area contributed by atoms with Gasteiger partial charge in [-0.1, -0.05) is 26.0 Å².